The molecule has 0 aliphatic rings. The topological polar surface area (TPSA) is 49.3 Å². The van der Waals surface area contributed by atoms with Crippen molar-refractivity contribution in [2.24, 2.45) is 0 Å². The van der Waals surface area contributed by atoms with E-state index in [0.717, 1.165) is 11.5 Å². The molecule has 0 aliphatic carbocycles. The van der Waals surface area contributed by atoms with E-state index in [1.54, 1.807) is 23.9 Å². The molecule has 0 spiro atoms. The Kier molecular flexibility index (Phi) is 5.83. The summed E-state index contributed by atoms with van der Waals surface area (Å²) < 4.78 is 12.9. The maximum atomic E-state index is 12.9. The third-order valence-electron chi connectivity index (χ3n) is 2.22. The van der Waals surface area contributed by atoms with Crippen molar-refractivity contribution >= 4 is 23.4 Å². The number of benzene rings is 1. The van der Waals surface area contributed by atoms with Crippen LogP contribution in [0.15, 0.2) is 24.3 Å². The normalized spacial score (nSPS) is 12.1. The van der Waals surface area contributed by atoms with Crippen molar-refractivity contribution < 1.29 is 14.3 Å². The van der Waals surface area contributed by atoms with Gasteiger partial charge < -0.3 is 10.4 Å². The van der Waals surface area contributed by atoms with E-state index in [2.05, 4.69) is 5.32 Å². The zero-order valence-electron chi connectivity index (χ0n) is 9.65. The molecule has 0 aliphatic heterocycles. The molecule has 3 nitrogen and oxygen atoms in total. The lowest BCUT2D eigenvalue weighted by atomic mass is 10.2. The van der Waals surface area contributed by atoms with E-state index in [-0.39, 0.29) is 5.82 Å². The van der Waals surface area contributed by atoms with E-state index >= 15 is 0 Å². The predicted molar refractivity (Wildman–Crippen MR) is 69.1 cm³/mol. The van der Waals surface area contributed by atoms with Gasteiger partial charge >= 0.3 is 5.97 Å². The van der Waals surface area contributed by atoms with Gasteiger partial charge in [0.2, 0.25) is 0 Å². The minimum atomic E-state index is -0.911. The highest BCUT2D eigenvalue weighted by molar-refractivity contribution is 7.99. The molecular weight excluding hydrogens is 241 g/mol. The van der Waals surface area contributed by atoms with Gasteiger partial charge in [-0.1, -0.05) is 13.0 Å². The van der Waals surface area contributed by atoms with Gasteiger partial charge in [-0.3, -0.25) is 0 Å². The van der Waals surface area contributed by atoms with Gasteiger partial charge in [-0.05, 0) is 36.1 Å². The predicted octanol–water partition coefficient (Wildman–Crippen LogP) is 2.83. The van der Waals surface area contributed by atoms with Crippen LogP contribution in [0.25, 0.3) is 0 Å². The van der Waals surface area contributed by atoms with Crippen LogP contribution >= 0.6 is 11.8 Å². The number of aliphatic carboxylic acids is 1. The first-order valence-corrected chi connectivity index (χ1v) is 6.61. The second-order valence-corrected chi connectivity index (χ2v) is 4.92. The minimum absolute atomic E-state index is 0.373. The van der Waals surface area contributed by atoms with Crippen LogP contribution in [0.4, 0.5) is 10.1 Å². The summed E-state index contributed by atoms with van der Waals surface area (Å²) in [5.41, 5.74) is 0.499. The Morgan fingerprint density at radius 3 is 2.94 bits per heavy atom. The van der Waals surface area contributed by atoms with Crippen LogP contribution in [0.5, 0.6) is 0 Å². The Balaban J connectivity index is 2.57. The fourth-order valence-corrected chi connectivity index (χ4v) is 2.07. The van der Waals surface area contributed by atoms with Crippen molar-refractivity contribution in [3.63, 3.8) is 0 Å². The Morgan fingerprint density at radius 1 is 1.59 bits per heavy atom. The summed E-state index contributed by atoms with van der Waals surface area (Å²) >= 11 is 1.69. The summed E-state index contributed by atoms with van der Waals surface area (Å²) in [6, 6.07) is 5.16. The number of hydrogen-bond acceptors (Lipinski definition) is 3. The van der Waals surface area contributed by atoms with Crippen LogP contribution in [0, 0.1) is 5.82 Å². The highest BCUT2D eigenvalue weighted by Crippen LogP contribution is 2.13. The molecule has 5 heteroatoms. The fraction of sp³-hybridized carbons (Fsp3) is 0.417. The number of halogens is 1. The molecule has 1 unspecified atom stereocenters. The molecule has 0 fully saturated rings. The molecule has 0 aromatic heterocycles. The zero-order valence-corrected chi connectivity index (χ0v) is 10.5. The van der Waals surface area contributed by atoms with Gasteiger partial charge in [0.05, 0.1) is 0 Å². The molecule has 0 radical (unpaired) electrons. The lowest BCUT2D eigenvalue weighted by Gasteiger charge is -2.15. The van der Waals surface area contributed by atoms with Gasteiger partial charge in [0.15, 0.2) is 0 Å². The average Bonchev–Trinajstić information content (AvgIpc) is 2.28. The van der Waals surface area contributed by atoms with E-state index in [9.17, 15) is 9.18 Å². The van der Waals surface area contributed by atoms with Crippen molar-refractivity contribution in [3.05, 3.63) is 30.1 Å². The van der Waals surface area contributed by atoms with E-state index in [4.69, 9.17) is 5.11 Å². The summed E-state index contributed by atoms with van der Waals surface area (Å²) in [6.07, 6.45) is 0.518. The summed E-state index contributed by atoms with van der Waals surface area (Å²) in [4.78, 5) is 11.0. The molecule has 94 valence electrons. The third-order valence-corrected chi connectivity index (χ3v) is 3.15. The summed E-state index contributed by atoms with van der Waals surface area (Å²) in [5, 5.41) is 11.9. The molecule has 2 N–H and O–H groups in total. The van der Waals surface area contributed by atoms with Crippen LogP contribution < -0.4 is 5.32 Å². The number of carboxylic acid groups (broad SMARTS) is 1. The molecule has 0 bridgehead atoms. The van der Waals surface area contributed by atoms with Crippen LogP contribution in [-0.4, -0.2) is 28.6 Å². The van der Waals surface area contributed by atoms with Gasteiger partial charge in [-0.15, -0.1) is 0 Å². The zero-order chi connectivity index (χ0) is 12.7. The monoisotopic (exact) mass is 257 g/mol. The largest absolute Gasteiger partial charge is 0.480 e. The molecule has 0 heterocycles. The summed E-state index contributed by atoms with van der Waals surface area (Å²) in [7, 11) is 0. The second kappa shape index (κ2) is 7.17. The van der Waals surface area contributed by atoms with Crippen molar-refractivity contribution in [2.75, 3.05) is 16.8 Å². The van der Waals surface area contributed by atoms with Crippen LogP contribution in [0.2, 0.25) is 0 Å². The van der Waals surface area contributed by atoms with Crippen LogP contribution in [-0.2, 0) is 4.79 Å². The quantitative estimate of drug-likeness (QED) is 0.737. The Morgan fingerprint density at radius 2 is 2.35 bits per heavy atom. The molecule has 17 heavy (non-hydrogen) atoms. The number of carbonyl (C=O) groups is 1. The molecule has 1 aromatic rings. The first-order valence-electron chi connectivity index (χ1n) is 5.46. The van der Waals surface area contributed by atoms with Crippen LogP contribution in [0.1, 0.15) is 13.3 Å². The molecule has 1 aromatic carbocycles. The highest BCUT2D eigenvalue weighted by Gasteiger charge is 2.16. The average molecular weight is 257 g/mol. The van der Waals surface area contributed by atoms with E-state index in [1.807, 2.05) is 6.92 Å². The lowest BCUT2D eigenvalue weighted by Crippen LogP contribution is -2.29. The number of carboxylic acids is 1. The van der Waals surface area contributed by atoms with Gasteiger partial charge in [0.1, 0.15) is 11.9 Å². The van der Waals surface area contributed by atoms with Crippen molar-refractivity contribution in [1.82, 2.24) is 0 Å². The number of hydrogen-bond donors (Lipinski definition) is 2. The van der Waals surface area contributed by atoms with E-state index < -0.39 is 12.0 Å². The summed E-state index contributed by atoms with van der Waals surface area (Å²) in [6.45, 7) is 2.03. The Hall–Kier alpha value is -1.23. The SMILES string of the molecule is CCSCCC(Nc1cccc(F)c1)C(=O)O. The molecule has 0 amide bonds. The number of thioether (sulfide) groups is 1. The van der Waals surface area contributed by atoms with Crippen molar-refractivity contribution in [1.29, 1.82) is 0 Å². The van der Waals surface area contributed by atoms with E-state index in [1.165, 1.54) is 12.1 Å². The van der Waals surface area contributed by atoms with Gasteiger partial charge in [0.25, 0.3) is 0 Å². The molecule has 0 saturated carbocycles. The number of nitrogens with one attached hydrogen (secondary N) is 1. The Bertz CT molecular complexity index is 373. The molecule has 0 saturated heterocycles. The lowest BCUT2D eigenvalue weighted by molar-refractivity contribution is -0.137. The van der Waals surface area contributed by atoms with E-state index in [0.29, 0.717) is 12.1 Å². The first kappa shape index (κ1) is 13.8. The number of anilines is 1. The molecular formula is C12H16FNO2S. The highest BCUT2D eigenvalue weighted by atomic mass is 32.2. The van der Waals surface area contributed by atoms with Gasteiger partial charge in [-0.25, -0.2) is 9.18 Å². The first-order chi connectivity index (χ1) is 8.13. The van der Waals surface area contributed by atoms with Crippen molar-refractivity contribution in [2.45, 2.75) is 19.4 Å². The smallest absolute Gasteiger partial charge is 0.326 e. The third kappa shape index (κ3) is 5.08. The fourth-order valence-electron chi connectivity index (χ4n) is 1.38. The molecule has 1 atom stereocenters. The maximum Gasteiger partial charge on any atom is 0.326 e. The van der Waals surface area contributed by atoms with Gasteiger partial charge in [0, 0.05) is 5.69 Å². The van der Waals surface area contributed by atoms with Gasteiger partial charge in [-0.2, -0.15) is 11.8 Å². The minimum Gasteiger partial charge on any atom is -0.480 e. The van der Waals surface area contributed by atoms with Crippen molar-refractivity contribution in [3.8, 4) is 0 Å². The standard InChI is InChI=1S/C12H16FNO2S/c1-2-17-7-6-11(12(15)16)14-10-5-3-4-9(13)8-10/h3-5,8,11,14H,2,6-7H2,1H3,(H,15,16). The van der Waals surface area contributed by atoms with Crippen LogP contribution in [0.3, 0.4) is 0 Å². The Labute approximate surface area is 104 Å². The second-order valence-electron chi connectivity index (χ2n) is 3.53. The number of rotatable bonds is 7. The maximum absolute atomic E-state index is 12.9. The molecule has 1 rings (SSSR count). The summed E-state index contributed by atoms with van der Waals surface area (Å²) in [5.74, 6) is 0.454.